The molecule has 12 heteroatoms. The highest BCUT2D eigenvalue weighted by Gasteiger charge is 2.35. The zero-order chi connectivity index (χ0) is 22.3. The number of nitrogens with one attached hydrogen (secondary N) is 4. The number of carbonyl (C=O) groups excluding carboxylic acids is 2. The lowest BCUT2D eigenvalue weighted by molar-refractivity contribution is -0.138. The maximum Gasteiger partial charge on any atom is 0.245 e. The van der Waals surface area contributed by atoms with Gasteiger partial charge in [0.15, 0.2) is 0 Å². The normalized spacial score (nSPS) is 23.8. The van der Waals surface area contributed by atoms with E-state index in [2.05, 4.69) is 15.5 Å². The molecule has 1 aliphatic heterocycles. The predicted octanol–water partition coefficient (Wildman–Crippen LogP) is -1.13. The Balaban J connectivity index is 1.92. The smallest absolute Gasteiger partial charge is 0.245 e. The molecule has 2 rings (SSSR count). The van der Waals surface area contributed by atoms with Gasteiger partial charge in [-0.2, -0.15) is 4.72 Å². The van der Waals surface area contributed by atoms with E-state index in [0.29, 0.717) is 6.42 Å². The number of sulfonamides is 1. The first-order valence-corrected chi connectivity index (χ1v) is 11.0. The Kier molecular flexibility index (Phi) is 8.15. The third-order valence-corrected chi connectivity index (χ3v) is 6.27. The Morgan fingerprint density at radius 1 is 1.37 bits per heavy atom. The fraction of sp³-hybridized carbons (Fsp3) is 0.500. The van der Waals surface area contributed by atoms with Crippen molar-refractivity contribution in [1.82, 2.24) is 20.4 Å². The highest BCUT2D eigenvalue weighted by molar-refractivity contribution is 7.90. The topological polar surface area (TPSA) is 167 Å². The monoisotopic (exact) mass is 440 g/mol. The van der Waals surface area contributed by atoms with Crippen LogP contribution in [0.5, 0.6) is 0 Å². The molecule has 3 atom stereocenters. The molecule has 0 fully saturated rings. The standard InChI is InChI=1S/C18H28N6O5S/c1-12-4-3-5-14(10-12)30(27,28)23-15-7-6-13(2)24(17(15)26)11-16(25)21-8-9-29-22-18(19)20/h3-7,13-15,23H,8-11H2,1-2H3,(H,21,25)(H4,19,20,22). The van der Waals surface area contributed by atoms with Gasteiger partial charge in [-0.15, -0.1) is 0 Å². The summed E-state index contributed by atoms with van der Waals surface area (Å²) in [4.78, 5) is 31.1. The van der Waals surface area contributed by atoms with Crippen LogP contribution < -0.4 is 21.3 Å². The number of hydroxylamine groups is 1. The van der Waals surface area contributed by atoms with Crippen molar-refractivity contribution in [3.8, 4) is 0 Å². The molecule has 0 aromatic carbocycles. The Morgan fingerprint density at radius 2 is 2.10 bits per heavy atom. The first-order chi connectivity index (χ1) is 14.1. The van der Waals surface area contributed by atoms with Crippen molar-refractivity contribution in [3.63, 3.8) is 0 Å². The predicted molar refractivity (Wildman–Crippen MR) is 111 cm³/mol. The largest absolute Gasteiger partial charge is 0.368 e. The molecule has 30 heavy (non-hydrogen) atoms. The molecule has 0 radical (unpaired) electrons. The van der Waals surface area contributed by atoms with Crippen LogP contribution in [0.2, 0.25) is 0 Å². The molecule has 11 nitrogen and oxygen atoms in total. The average molecular weight is 441 g/mol. The number of nitrogens with two attached hydrogens (primary N) is 1. The Bertz CT molecular complexity index is 866. The molecule has 0 aromatic heterocycles. The van der Waals surface area contributed by atoms with Crippen molar-refractivity contribution in [2.24, 2.45) is 5.73 Å². The third kappa shape index (κ3) is 6.68. The van der Waals surface area contributed by atoms with Crippen LogP contribution in [0.25, 0.3) is 0 Å². The van der Waals surface area contributed by atoms with Crippen molar-refractivity contribution in [2.45, 2.75) is 37.6 Å². The van der Waals surface area contributed by atoms with E-state index in [4.69, 9.17) is 16.0 Å². The molecule has 2 aliphatic rings. The molecular formula is C18H28N6O5S. The van der Waals surface area contributed by atoms with Crippen LogP contribution in [0, 0.1) is 5.41 Å². The van der Waals surface area contributed by atoms with Gasteiger partial charge >= 0.3 is 0 Å². The number of hydrogen-bond acceptors (Lipinski definition) is 6. The summed E-state index contributed by atoms with van der Waals surface area (Å²) < 4.78 is 27.8. The van der Waals surface area contributed by atoms with Gasteiger partial charge in [0, 0.05) is 12.6 Å². The van der Waals surface area contributed by atoms with Gasteiger partial charge in [-0.1, -0.05) is 36.0 Å². The summed E-state index contributed by atoms with van der Waals surface area (Å²) in [6.07, 6.45) is 8.68. The van der Waals surface area contributed by atoms with Gasteiger partial charge in [0.05, 0.1) is 11.9 Å². The molecule has 2 amide bonds. The van der Waals surface area contributed by atoms with Crippen LogP contribution in [0.3, 0.4) is 0 Å². The van der Waals surface area contributed by atoms with Crippen LogP contribution in [-0.4, -0.2) is 68.1 Å². The van der Waals surface area contributed by atoms with E-state index in [1.807, 2.05) is 13.0 Å². The number of amides is 2. The number of nitrogens with zero attached hydrogens (tertiary/aromatic N) is 1. The number of hydrogen-bond donors (Lipinski definition) is 5. The SMILES string of the molecule is CC1=CC=CC(S(=O)(=O)NC2C=CC(C)N(CC(=O)NCCONC(=N)N)C2=O)C1. The van der Waals surface area contributed by atoms with Crippen LogP contribution in [0.4, 0.5) is 0 Å². The molecule has 1 aliphatic carbocycles. The van der Waals surface area contributed by atoms with Crippen molar-refractivity contribution in [1.29, 1.82) is 5.41 Å². The Hall–Kier alpha value is -2.70. The van der Waals surface area contributed by atoms with E-state index >= 15 is 0 Å². The van der Waals surface area contributed by atoms with E-state index in [1.165, 1.54) is 11.0 Å². The number of rotatable bonds is 9. The quantitative estimate of drug-likeness (QED) is 0.0994. The summed E-state index contributed by atoms with van der Waals surface area (Å²) in [5.41, 5.74) is 8.13. The summed E-state index contributed by atoms with van der Waals surface area (Å²) in [6.45, 7) is 3.57. The highest BCUT2D eigenvalue weighted by atomic mass is 32.2. The Labute approximate surface area is 175 Å². The van der Waals surface area contributed by atoms with Crippen molar-refractivity contribution < 1.29 is 22.8 Å². The van der Waals surface area contributed by atoms with Gasteiger partial charge in [0.1, 0.15) is 12.6 Å². The minimum absolute atomic E-state index is 0.0694. The number of carbonyl (C=O) groups is 2. The van der Waals surface area contributed by atoms with E-state index in [9.17, 15) is 18.0 Å². The fourth-order valence-electron chi connectivity index (χ4n) is 3.00. The molecule has 1 heterocycles. The minimum Gasteiger partial charge on any atom is -0.368 e. The van der Waals surface area contributed by atoms with E-state index in [1.54, 1.807) is 25.2 Å². The fourth-order valence-corrected chi connectivity index (χ4v) is 4.49. The van der Waals surface area contributed by atoms with Gasteiger partial charge in [0.25, 0.3) is 0 Å². The summed E-state index contributed by atoms with van der Waals surface area (Å²) >= 11 is 0. The maximum atomic E-state index is 12.8. The van der Waals surface area contributed by atoms with E-state index in [0.717, 1.165) is 5.57 Å². The molecule has 0 bridgehead atoms. The Morgan fingerprint density at radius 3 is 2.77 bits per heavy atom. The van der Waals surface area contributed by atoms with Crippen molar-refractivity contribution in [3.05, 3.63) is 36.0 Å². The molecule has 166 valence electrons. The minimum atomic E-state index is -3.77. The lowest BCUT2D eigenvalue weighted by Crippen LogP contribution is -2.56. The molecular weight excluding hydrogens is 412 g/mol. The zero-order valence-electron chi connectivity index (χ0n) is 16.9. The van der Waals surface area contributed by atoms with Gasteiger partial charge in [-0.25, -0.2) is 13.9 Å². The van der Waals surface area contributed by atoms with Gasteiger partial charge in [0.2, 0.25) is 27.8 Å². The lowest BCUT2D eigenvalue weighted by atomic mass is 10.1. The van der Waals surface area contributed by atoms with Gasteiger partial charge < -0.3 is 16.0 Å². The summed E-state index contributed by atoms with van der Waals surface area (Å²) in [6, 6.07) is -1.43. The summed E-state index contributed by atoms with van der Waals surface area (Å²) in [7, 11) is -3.77. The average Bonchev–Trinajstić information content (AvgIpc) is 2.67. The van der Waals surface area contributed by atoms with Crippen LogP contribution >= 0.6 is 0 Å². The second-order valence-corrected chi connectivity index (χ2v) is 9.02. The van der Waals surface area contributed by atoms with E-state index in [-0.39, 0.29) is 31.7 Å². The van der Waals surface area contributed by atoms with Crippen molar-refractivity contribution in [2.75, 3.05) is 19.7 Å². The number of guanidine groups is 1. The van der Waals surface area contributed by atoms with Gasteiger partial charge in [-0.3, -0.25) is 19.8 Å². The highest BCUT2D eigenvalue weighted by Crippen LogP contribution is 2.20. The molecule has 0 saturated heterocycles. The molecule has 0 saturated carbocycles. The molecule has 6 N–H and O–H groups in total. The van der Waals surface area contributed by atoms with Crippen LogP contribution in [-0.2, 0) is 24.4 Å². The molecule has 3 unspecified atom stereocenters. The first-order valence-electron chi connectivity index (χ1n) is 9.42. The first kappa shape index (κ1) is 23.6. The van der Waals surface area contributed by atoms with Crippen LogP contribution in [0.15, 0.2) is 36.0 Å². The maximum absolute atomic E-state index is 12.8. The summed E-state index contributed by atoms with van der Waals surface area (Å²) in [5.74, 6) is -1.27. The lowest BCUT2D eigenvalue weighted by Gasteiger charge is -2.34. The second kappa shape index (κ2) is 10.4. The van der Waals surface area contributed by atoms with Crippen molar-refractivity contribution >= 4 is 27.8 Å². The zero-order valence-corrected chi connectivity index (χ0v) is 17.7. The number of allylic oxidation sites excluding steroid dienone is 3. The third-order valence-electron chi connectivity index (χ3n) is 4.56. The molecule has 0 aromatic rings. The van der Waals surface area contributed by atoms with Gasteiger partial charge in [-0.05, 0) is 20.3 Å². The second-order valence-electron chi connectivity index (χ2n) is 7.09. The van der Waals surface area contributed by atoms with Crippen LogP contribution in [0.1, 0.15) is 20.3 Å². The van der Waals surface area contributed by atoms with E-state index < -0.39 is 33.1 Å². The molecule has 0 spiro atoms. The summed E-state index contributed by atoms with van der Waals surface area (Å²) in [5, 5.41) is 8.76.